The minimum Gasteiger partial charge on any atom is -0.478 e. The minimum atomic E-state index is -1.30. The molecule has 0 saturated heterocycles. The summed E-state index contributed by atoms with van der Waals surface area (Å²) in [4.78, 5) is 30.1. The summed E-state index contributed by atoms with van der Waals surface area (Å²) in [5, 5.41) is 22.5. The Kier molecular flexibility index (Phi) is 7.62. The van der Waals surface area contributed by atoms with Crippen molar-refractivity contribution in [3.8, 4) is 6.07 Å². The Balaban J connectivity index is 2.01. The van der Waals surface area contributed by atoms with Crippen molar-refractivity contribution >= 4 is 18.0 Å². The number of hydrogen-bond acceptors (Lipinski definition) is 6. The second kappa shape index (κ2) is 10.6. The zero-order valence-corrected chi connectivity index (χ0v) is 18.7. The number of carboxylic acid groups (broad SMARTS) is 1. The van der Waals surface area contributed by atoms with Crippen LogP contribution in [0.5, 0.6) is 0 Å². The predicted molar refractivity (Wildman–Crippen MR) is 124 cm³/mol. The van der Waals surface area contributed by atoms with Gasteiger partial charge in [-0.3, -0.25) is 9.78 Å². The second-order valence-electron chi connectivity index (χ2n) is 8.04. The summed E-state index contributed by atoms with van der Waals surface area (Å²) in [6.07, 6.45) is 6.97. The van der Waals surface area contributed by atoms with Crippen LogP contribution >= 0.6 is 0 Å². The molecular formula is C26H27N3O4. The largest absolute Gasteiger partial charge is 0.478 e. The SMILES string of the molecule is CC1=C(C(=O)O)C(c2cccnc2)C(CCC#N)(C(=O)OCC=Cc2ccccc2)C(C)N1. The van der Waals surface area contributed by atoms with Gasteiger partial charge in [0.15, 0.2) is 0 Å². The lowest BCUT2D eigenvalue weighted by atomic mass is 9.60. The third-order valence-corrected chi connectivity index (χ3v) is 6.11. The van der Waals surface area contributed by atoms with Crippen molar-refractivity contribution < 1.29 is 19.4 Å². The highest BCUT2D eigenvalue weighted by Gasteiger charge is 2.56. The van der Waals surface area contributed by atoms with Crippen LogP contribution in [0.15, 0.2) is 72.2 Å². The van der Waals surface area contributed by atoms with Gasteiger partial charge in [0.2, 0.25) is 0 Å². The maximum atomic E-state index is 13.7. The summed E-state index contributed by atoms with van der Waals surface area (Å²) >= 11 is 0. The molecule has 0 aliphatic carbocycles. The number of aromatic nitrogens is 1. The van der Waals surface area contributed by atoms with Crippen molar-refractivity contribution in [3.63, 3.8) is 0 Å². The highest BCUT2D eigenvalue weighted by Crippen LogP contribution is 2.51. The first-order valence-electron chi connectivity index (χ1n) is 10.8. The Morgan fingerprint density at radius 1 is 1.27 bits per heavy atom. The van der Waals surface area contributed by atoms with Crippen molar-refractivity contribution in [1.82, 2.24) is 10.3 Å². The second-order valence-corrected chi connectivity index (χ2v) is 8.04. The number of carbonyl (C=O) groups excluding carboxylic acids is 1. The van der Waals surface area contributed by atoms with Crippen molar-refractivity contribution in [2.75, 3.05) is 6.61 Å². The van der Waals surface area contributed by atoms with E-state index >= 15 is 0 Å². The van der Waals surface area contributed by atoms with E-state index in [1.54, 1.807) is 37.5 Å². The molecule has 3 atom stereocenters. The molecule has 0 bridgehead atoms. The molecule has 7 heteroatoms. The van der Waals surface area contributed by atoms with Gasteiger partial charge in [0, 0.05) is 36.5 Å². The predicted octanol–water partition coefficient (Wildman–Crippen LogP) is 4.06. The molecule has 0 saturated carbocycles. The van der Waals surface area contributed by atoms with Crippen LogP contribution in [-0.4, -0.2) is 34.7 Å². The molecule has 33 heavy (non-hydrogen) atoms. The lowest BCUT2D eigenvalue weighted by molar-refractivity contribution is -0.159. The molecule has 7 nitrogen and oxygen atoms in total. The van der Waals surface area contributed by atoms with E-state index in [0.717, 1.165) is 5.56 Å². The fourth-order valence-corrected chi connectivity index (χ4v) is 4.58. The fourth-order valence-electron chi connectivity index (χ4n) is 4.58. The van der Waals surface area contributed by atoms with E-state index < -0.39 is 29.3 Å². The summed E-state index contributed by atoms with van der Waals surface area (Å²) in [5.74, 6) is -2.49. The molecule has 2 heterocycles. The lowest BCUT2D eigenvalue weighted by Gasteiger charge is -2.47. The number of aliphatic carboxylic acids is 1. The van der Waals surface area contributed by atoms with Crippen LogP contribution in [0.1, 0.15) is 43.7 Å². The number of esters is 1. The van der Waals surface area contributed by atoms with Gasteiger partial charge < -0.3 is 15.2 Å². The third kappa shape index (κ3) is 4.96. The monoisotopic (exact) mass is 445 g/mol. The Morgan fingerprint density at radius 2 is 2.03 bits per heavy atom. The Morgan fingerprint density at radius 3 is 2.67 bits per heavy atom. The number of hydrogen-bond donors (Lipinski definition) is 2. The summed E-state index contributed by atoms with van der Waals surface area (Å²) in [6, 6.07) is 14.7. The molecule has 1 aliphatic heterocycles. The van der Waals surface area contributed by atoms with Gasteiger partial charge in [-0.05, 0) is 43.5 Å². The fraction of sp³-hybridized carbons (Fsp3) is 0.308. The number of carboxylic acids is 1. The Bertz CT molecular complexity index is 1090. The highest BCUT2D eigenvalue weighted by molar-refractivity contribution is 5.93. The summed E-state index contributed by atoms with van der Waals surface area (Å²) in [7, 11) is 0. The first-order chi connectivity index (χ1) is 15.9. The normalized spacial score (nSPS) is 22.5. The first-order valence-corrected chi connectivity index (χ1v) is 10.8. The van der Waals surface area contributed by atoms with Gasteiger partial charge in [-0.15, -0.1) is 0 Å². The smallest absolute Gasteiger partial charge is 0.333 e. The van der Waals surface area contributed by atoms with Gasteiger partial charge in [0.25, 0.3) is 0 Å². The van der Waals surface area contributed by atoms with Crippen LogP contribution in [0.2, 0.25) is 0 Å². The molecule has 1 aromatic carbocycles. The van der Waals surface area contributed by atoms with E-state index in [1.165, 1.54) is 0 Å². The van der Waals surface area contributed by atoms with E-state index in [4.69, 9.17) is 4.74 Å². The molecule has 0 radical (unpaired) electrons. The van der Waals surface area contributed by atoms with E-state index in [2.05, 4.69) is 16.4 Å². The molecular weight excluding hydrogens is 418 g/mol. The number of benzene rings is 1. The molecule has 1 aliphatic rings. The van der Waals surface area contributed by atoms with E-state index in [0.29, 0.717) is 11.3 Å². The molecule has 0 fully saturated rings. The number of ether oxygens (including phenoxy) is 1. The van der Waals surface area contributed by atoms with E-state index in [1.807, 2.05) is 43.3 Å². The zero-order valence-electron chi connectivity index (χ0n) is 18.7. The van der Waals surface area contributed by atoms with E-state index in [9.17, 15) is 20.0 Å². The van der Waals surface area contributed by atoms with Gasteiger partial charge >= 0.3 is 11.9 Å². The molecule has 1 aromatic heterocycles. The lowest BCUT2D eigenvalue weighted by Crippen LogP contribution is -2.57. The van der Waals surface area contributed by atoms with Crippen molar-refractivity contribution in [2.24, 2.45) is 5.41 Å². The number of nitriles is 1. The number of pyridine rings is 1. The van der Waals surface area contributed by atoms with Gasteiger partial charge in [-0.2, -0.15) is 5.26 Å². The summed E-state index contributed by atoms with van der Waals surface area (Å²) in [6.45, 7) is 3.54. The summed E-state index contributed by atoms with van der Waals surface area (Å²) in [5.41, 5.74) is 0.828. The van der Waals surface area contributed by atoms with Crippen molar-refractivity contribution in [3.05, 3.63) is 83.3 Å². The van der Waals surface area contributed by atoms with Crippen LogP contribution < -0.4 is 5.32 Å². The molecule has 3 unspecified atom stereocenters. The van der Waals surface area contributed by atoms with Gasteiger partial charge in [-0.1, -0.05) is 42.5 Å². The van der Waals surface area contributed by atoms with Crippen LogP contribution in [0, 0.1) is 16.7 Å². The van der Waals surface area contributed by atoms with Gasteiger partial charge in [0.05, 0.1) is 17.1 Å². The first kappa shape index (κ1) is 23.7. The maximum Gasteiger partial charge on any atom is 0.333 e. The minimum absolute atomic E-state index is 0.0274. The third-order valence-electron chi connectivity index (χ3n) is 6.11. The standard InChI is InChI=1S/C26H27N3O4/c1-18-22(24(30)31)23(21-12-6-15-28-17-21)26(13-8-14-27,19(2)29-18)25(32)33-16-7-11-20-9-4-3-5-10-20/h3-7,9-12,15,17,19,23,29H,8,13,16H2,1-2H3,(H,30,31). The van der Waals surface area contributed by atoms with Crippen molar-refractivity contribution in [2.45, 2.75) is 38.6 Å². The highest BCUT2D eigenvalue weighted by atomic mass is 16.5. The maximum absolute atomic E-state index is 13.7. The Labute approximate surface area is 193 Å². The number of nitrogens with zero attached hydrogens (tertiary/aromatic N) is 2. The van der Waals surface area contributed by atoms with E-state index in [-0.39, 0.29) is 25.0 Å². The topological polar surface area (TPSA) is 112 Å². The summed E-state index contributed by atoms with van der Waals surface area (Å²) < 4.78 is 5.68. The van der Waals surface area contributed by atoms with Crippen LogP contribution in [0.3, 0.4) is 0 Å². The molecule has 2 N–H and O–H groups in total. The van der Waals surface area contributed by atoms with Crippen LogP contribution in [-0.2, 0) is 14.3 Å². The quantitative estimate of drug-likeness (QED) is 0.589. The Hall–Kier alpha value is -3.92. The number of allylic oxidation sites excluding steroid dienone is 1. The number of carbonyl (C=O) groups is 2. The molecule has 2 aromatic rings. The molecule has 170 valence electrons. The zero-order chi connectivity index (χ0) is 23.8. The van der Waals surface area contributed by atoms with Crippen LogP contribution in [0.25, 0.3) is 6.08 Å². The van der Waals surface area contributed by atoms with Gasteiger partial charge in [0.1, 0.15) is 6.61 Å². The number of rotatable bonds is 8. The molecule has 3 rings (SSSR count). The van der Waals surface area contributed by atoms with Crippen molar-refractivity contribution in [1.29, 1.82) is 5.26 Å². The average molecular weight is 446 g/mol. The molecule has 0 spiro atoms. The van der Waals surface area contributed by atoms with Gasteiger partial charge in [-0.25, -0.2) is 4.79 Å². The van der Waals surface area contributed by atoms with Crippen LogP contribution in [0.4, 0.5) is 0 Å². The molecule has 0 amide bonds. The number of nitrogens with one attached hydrogen (secondary N) is 1. The average Bonchev–Trinajstić information content (AvgIpc) is 2.82.